The molecule has 0 aromatic carbocycles. The monoisotopic (exact) mass is 108 g/mol. The first-order chi connectivity index (χ1) is 3.39. The first-order valence-corrected chi connectivity index (χ1v) is 3.78. The van der Waals surface area contributed by atoms with E-state index in [9.17, 15) is 4.79 Å². The van der Waals surface area contributed by atoms with E-state index in [1.165, 1.54) is 0 Å². The summed E-state index contributed by atoms with van der Waals surface area (Å²) in [4.78, 5) is 12.4. The summed E-state index contributed by atoms with van der Waals surface area (Å²) in [5.41, 5.74) is 0. The highest BCUT2D eigenvalue weighted by Crippen LogP contribution is 1.85. The molecule has 2 heteroatoms. The molecular weight excluding hydrogens is 103 g/mol. The van der Waals surface area contributed by atoms with Crippen LogP contribution in [0.25, 0.3) is 0 Å². The predicted octanol–water partition coefficient (Wildman–Crippen LogP) is 0.0330. The molecule has 0 N–H and O–H groups in total. The Labute approximate surface area is 48.4 Å². The van der Waals surface area contributed by atoms with Crippen LogP contribution in [-0.2, 0) is 4.79 Å². The van der Waals surface area contributed by atoms with Gasteiger partial charge in [-0.05, 0) is 6.08 Å². The lowest BCUT2D eigenvalue weighted by atomic mass is 10.5. The van der Waals surface area contributed by atoms with Gasteiger partial charge in [0.25, 0.3) is 0 Å². The molecule has 0 spiro atoms. The third-order valence-corrected chi connectivity index (χ3v) is 1.99. The van der Waals surface area contributed by atoms with Crippen molar-refractivity contribution in [1.29, 1.82) is 0 Å². The smallest absolute Gasteiger partial charge is 0.316 e. The Bertz CT molecular complexity index is 135. The van der Waals surface area contributed by atoms with Gasteiger partial charge in [-0.15, -0.1) is 4.94 Å². The molecule has 1 rings (SSSR count). The Morgan fingerprint density at radius 2 is 2.29 bits per heavy atom. The van der Waals surface area contributed by atoms with Gasteiger partial charge in [-0.2, -0.15) is 0 Å². The van der Waals surface area contributed by atoms with Crippen molar-refractivity contribution in [2.24, 2.45) is 0 Å². The second kappa shape index (κ2) is 2.11. The average Bonchev–Trinajstić information content (AvgIpc) is 1.69. The number of hydrogen-bond donors (Lipinski definition) is 0. The molecule has 1 nitrogen and oxygen atoms in total. The molecule has 1 heterocycles. The minimum Gasteiger partial charge on any atom is -0.316 e. The van der Waals surface area contributed by atoms with Crippen molar-refractivity contribution >= 4 is 19.9 Å². The molecule has 0 radical (unpaired) electrons. The Balaban J connectivity index is 2.66. The van der Waals surface area contributed by atoms with Crippen LogP contribution in [-0.4, -0.2) is 19.9 Å². The van der Waals surface area contributed by atoms with E-state index in [2.05, 4.69) is 0 Å². The molecule has 0 saturated carbocycles. The molecule has 0 bridgehead atoms. The summed E-state index contributed by atoms with van der Waals surface area (Å²) in [7, 11) is 0. The maximum Gasteiger partial charge on any atom is 0.380 e. The van der Waals surface area contributed by atoms with Gasteiger partial charge in [-0.25, -0.2) is 0 Å². The van der Waals surface area contributed by atoms with Crippen molar-refractivity contribution in [3.05, 3.63) is 23.2 Å². The van der Waals surface area contributed by atoms with Gasteiger partial charge in [-0.1, -0.05) is 12.2 Å². The lowest BCUT2D eigenvalue weighted by molar-refractivity contribution is -0.108. The quantitative estimate of drug-likeness (QED) is 0.400. The standard InChI is InChI=1S/C5H4O.Al.H/c1-2-3-4-5-6;;/h1-4H;;. The van der Waals surface area contributed by atoms with E-state index in [4.69, 9.17) is 0 Å². The first-order valence-electron chi connectivity index (χ1n) is 2.25. The minimum absolute atomic E-state index is 0.336. The van der Waals surface area contributed by atoms with E-state index in [-0.39, 0.29) is 0 Å². The van der Waals surface area contributed by atoms with Crippen molar-refractivity contribution < 1.29 is 4.79 Å². The van der Waals surface area contributed by atoms with Gasteiger partial charge < -0.3 is 4.79 Å². The van der Waals surface area contributed by atoms with Crippen LogP contribution in [0.2, 0.25) is 0 Å². The SMILES string of the molecule is O=[C]1C=CC=[CH][AlH]1. The summed E-state index contributed by atoms with van der Waals surface area (Å²) in [6.45, 7) is 0. The van der Waals surface area contributed by atoms with Crippen LogP contribution in [0.4, 0.5) is 0 Å². The first kappa shape index (κ1) is 4.83. The summed E-state index contributed by atoms with van der Waals surface area (Å²) >= 11 is -0.473. The number of carbonyl (C=O) groups is 1. The Kier molecular flexibility index (Phi) is 1.46. The van der Waals surface area contributed by atoms with E-state index in [1.54, 1.807) is 12.2 Å². The Hall–Kier alpha value is -0.318. The maximum atomic E-state index is 10.4. The lowest BCUT2D eigenvalue weighted by Gasteiger charge is -1.86. The zero-order valence-corrected chi connectivity index (χ0v) is 5.34. The van der Waals surface area contributed by atoms with Crippen LogP contribution in [0, 0.1) is 0 Å². The fraction of sp³-hybridized carbons (Fsp3) is 0. The minimum atomic E-state index is -0.473. The summed E-state index contributed by atoms with van der Waals surface area (Å²) in [5, 5.41) is 0. The van der Waals surface area contributed by atoms with E-state index < -0.39 is 15.2 Å². The highest BCUT2D eigenvalue weighted by molar-refractivity contribution is 6.80. The molecule has 7 heavy (non-hydrogen) atoms. The molecule has 1 aliphatic rings. The molecule has 1 aliphatic heterocycles. The number of carbonyl (C=O) groups excluding carboxylic acids is 1. The third kappa shape index (κ3) is 1.31. The van der Waals surface area contributed by atoms with Crippen molar-refractivity contribution in [1.82, 2.24) is 0 Å². The van der Waals surface area contributed by atoms with Crippen LogP contribution in [0.3, 0.4) is 0 Å². The Morgan fingerprint density at radius 1 is 1.43 bits per heavy atom. The fourth-order valence-corrected chi connectivity index (χ4v) is 1.29. The molecule has 0 aromatic heterocycles. The highest BCUT2D eigenvalue weighted by Gasteiger charge is 1.97. The van der Waals surface area contributed by atoms with Gasteiger partial charge in [0.1, 0.15) is 0 Å². The zero-order valence-electron chi connectivity index (χ0n) is 3.92. The van der Waals surface area contributed by atoms with Crippen molar-refractivity contribution in [3.8, 4) is 0 Å². The van der Waals surface area contributed by atoms with Gasteiger partial charge >= 0.3 is 15.2 Å². The number of hydrogen-bond acceptors (Lipinski definition) is 1. The summed E-state index contributed by atoms with van der Waals surface area (Å²) in [6, 6.07) is 0. The molecule has 0 atom stereocenters. The topological polar surface area (TPSA) is 17.1 Å². The van der Waals surface area contributed by atoms with Crippen LogP contribution in [0.15, 0.2) is 23.2 Å². The normalized spacial score (nSPS) is 16.9. The van der Waals surface area contributed by atoms with Crippen LogP contribution in [0.1, 0.15) is 0 Å². The summed E-state index contributed by atoms with van der Waals surface area (Å²) in [5.74, 6) is 0. The third-order valence-electron chi connectivity index (χ3n) is 0.848. The molecular formula is C5H5AlO. The zero-order chi connectivity index (χ0) is 5.11. The van der Waals surface area contributed by atoms with Crippen LogP contribution < -0.4 is 0 Å². The van der Waals surface area contributed by atoms with Gasteiger partial charge in [0, 0.05) is 0 Å². The fourth-order valence-electron chi connectivity index (χ4n) is 0.494. The molecule has 0 unspecified atom stereocenters. The lowest BCUT2D eigenvalue weighted by Crippen LogP contribution is -2.03. The van der Waals surface area contributed by atoms with E-state index in [0.29, 0.717) is 4.65 Å². The maximum absolute atomic E-state index is 10.4. The Morgan fingerprint density at radius 3 is 2.57 bits per heavy atom. The largest absolute Gasteiger partial charge is 0.380 e. The molecule has 0 saturated heterocycles. The molecule has 0 aliphatic carbocycles. The van der Waals surface area contributed by atoms with Gasteiger partial charge in [0.15, 0.2) is 0 Å². The van der Waals surface area contributed by atoms with Gasteiger partial charge in [0.2, 0.25) is 0 Å². The van der Waals surface area contributed by atoms with E-state index in [1.807, 2.05) is 11.0 Å². The second-order valence-corrected chi connectivity index (χ2v) is 3.03. The highest BCUT2D eigenvalue weighted by atomic mass is 27.1. The summed E-state index contributed by atoms with van der Waals surface area (Å²) < 4.78 is 0.336. The van der Waals surface area contributed by atoms with Crippen molar-refractivity contribution in [3.63, 3.8) is 0 Å². The van der Waals surface area contributed by atoms with Gasteiger partial charge in [-0.3, -0.25) is 0 Å². The van der Waals surface area contributed by atoms with Crippen LogP contribution in [0.5, 0.6) is 0 Å². The number of rotatable bonds is 0. The number of allylic oxidation sites excluding steroid dienone is 3. The molecule has 0 fully saturated rings. The van der Waals surface area contributed by atoms with Crippen molar-refractivity contribution in [2.45, 2.75) is 0 Å². The van der Waals surface area contributed by atoms with Crippen molar-refractivity contribution in [2.75, 3.05) is 0 Å². The predicted molar refractivity (Wildman–Crippen MR) is 30.4 cm³/mol. The average molecular weight is 108 g/mol. The van der Waals surface area contributed by atoms with Gasteiger partial charge in [0.05, 0.1) is 4.65 Å². The van der Waals surface area contributed by atoms with E-state index >= 15 is 0 Å². The second-order valence-electron chi connectivity index (χ2n) is 1.46. The van der Waals surface area contributed by atoms with E-state index in [0.717, 1.165) is 0 Å². The molecule has 34 valence electrons. The van der Waals surface area contributed by atoms with Crippen LogP contribution >= 0.6 is 0 Å². The summed E-state index contributed by atoms with van der Waals surface area (Å²) in [6.07, 6.45) is 5.37. The molecule has 0 amide bonds. The molecule has 0 aromatic rings.